The predicted molar refractivity (Wildman–Crippen MR) is 72.7 cm³/mol. The van der Waals surface area contributed by atoms with Crippen LogP contribution in [0.15, 0.2) is 0 Å². The molecule has 1 amide bonds. The molecule has 0 spiro atoms. The van der Waals surface area contributed by atoms with Gasteiger partial charge in [0.15, 0.2) is 0 Å². The van der Waals surface area contributed by atoms with Crippen molar-refractivity contribution in [1.29, 1.82) is 0 Å². The van der Waals surface area contributed by atoms with Crippen LogP contribution >= 0.6 is 0 Å². The van der Waals surface area contributed by atoms with E-state index in [0.717, 1.165) is 19.3 Å². The Morgan fingerprint density at radius 1 is 1.21 bits per heavy atom. The molecule has 0 aromatic carbocycles. The molecule has 0 bridgehead atoms. The third-order valence-electron chi connectivity index (χ3n) is 4.08. The summed E-state index contributed by atoms with van der Waals surface area (Å²) in [6.45, 7) is 2.44. The first kappa shape index (κ1) is 14.8. The lowest BCUT2D eigenvalue weighted by atomic mass is 9.84. The van der Waals surface area contributed by atoms with Crippen LogP contribution in [0, 0.1) is 5.92 Å². The average molecular weight is 270 g/mol. The van der Waals surface area contributed by atoms with Crippen LogP contribution in [0.4, 0.5) is 0 Å². The van der Waals surface area contributed by atoms with Gasteiger partial charge >= 0.3 is 0 Å². The van der Waals surface area contributed by atoms with Gasteiger partial charge in [0.25, 0.3) is 0 Å². The van der Waals surface area contributed by atoms with Crippen molar-refractivity contribution in [2.75, 3.05) is 26.4 Å². The molecule has 2 aliphatic rings. The predicted octanol–water partition coefficient (Wildman–Crippen LogP) is 0.816. The Balaban J connectivity index is 1.54. The van der Waals surface area contributed by atoms with Crippen molar-refractivity contribution in [1.82, 2.24) is 5.32 Å². The molecule has 0 radical (unpaired) electrons. The maximum atomic E-state index is 11.8. The molecule has 1 atom stereocenters. The molecule has 1 heterocycles. The largest absolute Gasteiger partial charge is 0.376 e. The number of rotatable bonds is 5. The molecule has 1 aliphatic carbocycles. The summed E-state index contributed by atoms with van der Waals surface area (Å²) < 4.78 is 10.8. The second-order valence-corrected chi connectivity index (χ2v) is 5.69. The molecular formula is C14H26N2O3. The first-order valence-electron chi connectivity index (χ1n) is 7.45. The topological polar surface area (TPSA) is 73.6 Å². The summed E-state index contributed by atoms with van der Waals surface area (Å²) in [6.07, 6.45) is 6.19. The van der Waals surface area contributed by atoms with Crippen molar-refractivity contribution in [2.45, 2.75) is 50.7 Å². The van der Waals surface area contributed by atoms with Gasteiger partial charge in [0, 0.05) is 19.0 Å². The molecular weight excluding hydrogens is 244 g/mol. The number of nitrogens with one attached hydrogen (secondary N) is 1. The molecule has 5 heteroatoms. The van der Waals surface area contributed by atoms with E-state index in [9.17, 15) is 4.79 Å². The summed E-state index contributed by atoms with van der Waals surface area (Å²) in [5.74, 6) is 0.809. The highest BCUT2D eigenvalue weighted by molar-refractivity contribution is 5.75. The third-order valence-corrected chi connectivity index (χ3v) is 4.08. The van der Waals surface area contributed by atoms with Gasteiger partial charge in [-0.25, -0.2) is 0 Å². The minimum Gasteiger partial charge on any atom is -0.376 e. The number of nitrogens with two attached hydrogens (primary N) is 1. The quantitative estimate of drug-likeness (QED) is 0.775. The maximum absolute atomic E-state index is 11.8. The molecule has 1 saturated carbocycles. The van der Waals surface area contributed by atoms with Crippen molar-refractivity contribution in [3.63, 3.8) is 0 Å². The molecule has 0 aromatic rings. The highest BCUT2D eigenvalue weighted by Crippen LogP contribution is 2.26. The summed E-state index contributed by atoms with van der Waals surface area (Å²) in [5.41, 5.74) is 5.88. The van der Waals surface area contributed by atoms with E-state index in [1.807, 2.05) is 0 Å². The van der Waals surface area contributed by atoms with E-state index in [0.29, 0.717) is 44.7 Å². The molecule has 2 fully saturated rings. The van der Waals surface area contributed by atoms with Crippen molar-refractivity contribution < 1.29 is 14.3 Å². The molecule has 2 rings (SSSR count). The zero-order valence-electron chi connectivity index (χ0n) is 11.6. The fourth-order valence-corrected chi connectivity index (χ4v) is 2.78. The fourth-order valence-electron chi connectivity index (χ4n) is 2.78. The second kappa shape index (κ2) is 7.82. The Morgan fingerprint density at radius 2 is 2.00 bits per heavy atom. The van der Waals surface area contributed by atoms with Crippen molar-refractivity contribution >= 4 is 5.91 Å². The van der Waals surface area contributed by atoms with Gasteiger partial charge in [-0.3, -0.25) is 4.79 Å². The standard InChI is InChI=1S/C14H26N2O3/c15-12-4-1-11(2-5-12)3-6-14(17)16-9-13-10-18-7-8-19-13/h11-13H,1-10,15H2,(H,16,17). The Morgan fingerprint density at radius 3 is 2.68 bits per heavy atom. The van der Waals surface area contributed by atoms with E-state index in [4.69, 9.17) is 15.2 Å². The fraction of sp³-hybridized carbons (Fsp3) is 0.929. The van der Waals surface area contributed by atoms with Gasteiger partial charge in [-0.15, -0.1) is 0 Å². The van der Waals surface area contributed by atoms with Gasteiger partial charge < -0.3 is 20.5 Å². The van der Waals surface area contributed by atoms with E-state index in [1.54, 1.807) is 0 Å². The highest BCUT2D eigenvalue weighted by atomic mass is 16.6. The maximum Gasteiger partial charge on any atom is 0.220 e. The molecule has 1 saturated heterocycles. The second-order valence-electron chi connectivity index (χ2n) is 5.69. The van der Waals surface area contributed by atoms with Crippen LogP contribution in [0.5, 0.6) is 0 Å². The third kappa shape index (κ3) is 5.47. The van der Waals surface area contributed by atoms with E-state index in [-0.39, 0.29) is 12.0 Å². The molecule has 1 unspecified atom stereocenters. The Kier molecular flexibility index (Phi) is 6.07. The number of hydrogen-bond donors (Lipinski definition) is 2. The van der Waals surface area contributed by atoms with Crippen molar-refractivity contribution in [3.05, 3.63) is 0 Å². The number of amides is 1. The van der Waals surface area contributed by atoms with Crippen LogP contribution < -0.4 is 11.1 Å². The Bertz CT molecular complexity index is 272. The summed E-state index contributed by atoms with van der Waals surface area (Å²) in [4.78, 5) is 11.8. The van der Waals surface area contributed by atoms with E-state index in [1.165, 1.54) is 12.8 Å². The van der Waals surface area contributed by atoms with Crippen LogP contribution in [0.1, 0.15) is 38.5 Å². The molecule has 19 heavy (non-hydrogen) atoms. The summed E-state index contributed by atoms with van der Waals surface area (Å²) >= 11 is 0. The molecule has 1 aliphatic heterocycles. The zero-order chi connectivity index (χ0) is 13.5. The number of hydrogen-bond acceptors (Lipinski definition) is 4. The lowest BCUT2D eigenvalue weighted by molar-refractivity contribution is -0.124. The van der Waals surface area contributed by atoms with Crippen LogP contribution in [0.2, 0.25) is 0 Å². The number of ether oxygens (including phenoxy) is 2. The van der Waals surface area contributed by atoms with E-state index < -0.39 is 0 Å². The molecule has 0 aromatic heterocycles. The number of carbonyl (C=O) groups is 1. The highest BCUT2D eigenvalue weighted by Gasteiger charge is 2.20. The summed E-state index contributed by atoms with van der Waals surface area (Å²) in [7, 11) is 0. The Labute approximate surface area is 115 Å². The van der Waals surface area contributed by atoms with Gasteiger partial charge in [0.1, 0.15) is 0 Å². The van der Waals surface area contributed by atoms with Gasteiger partial charge in [-0.1, -0.05) is 0 Å². The minimum atomic E-state index is 0.0189. The summed E-state index contributed by atoms with van der Waals surface area (Å²) in [5, 5.41) is 2.93. The van der Waals surface area contributed by atoms with Crippen LogP contribution in [-0.2, 0) is 14.3 Å². The van der Waals surface area contributed by atoms with Gasteiger partial charge in [0.05, 0.1) is 25.9 Å². The van der Waals surface area contributed by atoms with Crippen LogP contribution in [0.25, 0.3) is 0 Å². The smallest absolute Gasteiger partial charge is 0.220 e. The number of carbonyl (C=O) groups excluding carboxylic acids is 1. The average Bonchev–Trinajstić information content (AvgIpc) is 2.45. The molecule has 110 valence electrons. The zero-order valence-corrected chi connectivity index (χ0v) is 11.6. The Hall–Kier alpha value is -0.650. The van der Waals surface area contributed by atoms with Gasteiger partial charge in [-0.05, 0) is 38.0 Å². The van der Waals surface area contributed by atoms with E-state index in [2.05, 4.69) is 5.32 Å². The first-order valence-corrected chi connectivity index (χ1v) is 7.45. The monoisotopic (exact) mass is 270 g/mol. The van der Waals surface area contributed by atoms with Crippen molar-refractivity contribution in [2.24, 2.45) is 11.7 Å². The minimum absolute atomic E-state index is 0.0189. The summed E-state index contributed by atoms with van der Waals surface area (Å²) in [6, 6.07) is 0.383. The van der Waals surface area contributed by atoms with Gasteiger partial charge in [0.2, 0.25) is 5.91 Å². The normalized spacial score (nSPS) is 31.9. The SMILES string of the molecule is NC1CCC(CCC(=O)NCC2COCCO2)CC1. The lowest BCUT2D eigenvalue weighted by Crippen LogP contribution is -2.39. The van der Waals surface area contributed by atoms with Gasteiger partial charge in [-0.2, -0.15) is 0 Å². The van der Waals surface area contributed by atoms with Crippen molar-refractivity contribution in [3.8, 4) is 0 Å². The van der Waals surface area contributed by atoms with Crippen LogP contribution in [0.3, 0.4) is 0 Å². The molecule has 3 N–H and O–H groups in total. The van der Waals surface area contributed by atoms with Crippen LogP contribution in [-0.4, -0.2) is 44.4 Å². The lowest BCUT2D eigenvalue weighted by Gasteiger charge is -2.26. The molecule has 5 nitrogen and oxygen atoms in total. The first-order chi connectivity index (χ1) is 9.24. The van der Waals surface area contributed by atoms with E-state index >= 15 is 0 Å².